The highest BCUT2D eigenvalue weighted by atomic mass is 16.5. The van der Waals surface area contributed by atoms with Crippen LogP contribution in [0.3, 0.4) is 0 Å². The molecule has 6 nitrogen and oxygen atoms in total. The van der Waals surface area contributed by atoms with Crippen molar-refractivity contribution in [2.45, 2.75) is 0 Å². The maximum absolute atomic E-state index is 12.4. The minimum absolute atomic E-state index is 0.0647. The number of nitriles is 1. The van der Waals surface area contributed by atoms with Crippen molar-refractivity contribution >= 4 is 17.5 Å². The van der Waals surface area contributed by atoms with Crippen molar-refractivity contribution in [2.24, 2.45) is 0 Å². The summed E-state index contributed by atoms with van der Waals surface area (Å²) in [6.07, 6.45) is 0. The second-order valence-corrected chi connectivity index (χ2v) is 5.59. The first-order valence-electron chi connectivity index (χ1n) is 7.96. The Morgan fingerprint density at radius 2 is 1.64 bits per heavy atom. The maximum atomic E-state index is 12.4. The van der Waals surface area contributed by atoms with Crippen molar-refractivity contribution in [3.63, 3.8) is 0 Å². The Morgan fingerprint density at radius 1 is 1.00 bits per heavy atom. The van der Waals surface area contributed by atoms with Gasteiger partial charge in [0.15, 0.2) is 0 Å². The Hall–Kier alpha value is -3.17. The maximum Gasteiger partial charge on any atom is 0.255 e. The molecule has 2 aromatic rings. The molecule has 25 heavy (non-hydrogen) atoms. The molecule has 0 aliphatic carbocycles. The third-order valence-electron chi connectivity index (χ3n) is 3.99. The third-order valence-corrected chi connectivity index (χ3v) is 3.99. The Balaban J connectivity index is 1.70. The first-order chi connectivity index (χ1) is 12.2. The number of hydrogen-bond acceptors (Lipinski definition) is 4. The van der Waals surface area contributed by atoms with E-state index in [9.17, 15) is 9.59 Å². The van der Waals surface area contributed by atoms with Crippen molar-refractivity contribution in [1.29, 1.82) is 5.26 Å². The molecular formula is C19H17N3O3. The lowest BCUT2D eigenvalue weighted by molar-refractivity contribution is 0.0303. The van der Waals surface area contributed by atoms with E-state index in [-0.39, 0.29) is 11.8 Å². The van der Waals surface area contributed by atoms with E-state index < -0.39 is 0 Å². The molecule has 0 atom stereocenters. The quantitative estimate of drug-likeness (QED) is 0.933. The van der Waals surface area contributed by atoms with E-state index >= 15 is 0 Å². The summed E-state index contributed by atoms with van der Waals surface area (Å²) in [6, 6.07) is 15.3. The number of amides is 2. The first kappa shape index (κ1) is 16.7. The molecule has 126 valence electrons. The second kappa shape index (κ2) is 7.60. The van der Waals surface area contributed by atoms with Crippen LogP contribution < -0.4 is 5.32 Å². The van der Waals surface area contributed by atoms with E-state index in [2.05, 4.69) is 5.32 Å². The number of anilines is 1. The highest BCUT2D eigenvalue weighted by Crippen LogP contribution is 2.16. The van der Waals surface area contributed by atoms with E-state index in [0.717, 1.165) is 0 Å². The third kappa shape index (κ3) is 3.84. The fourth-order valence-electron chi connectivity index (χ4n) is 2.60. The van der Waals surface area contributed by atoms with Gasteiger partial charge >= 0.3 is 0 Å². The van der Waals surface area contributed by atoms with Crippen LogP contribution in [0.1, 0.15) is 26.3 Å². The van der Waals surface area contributed by atoms with Gasteiger partial charge in [0.25, 0.3) is 11.8 Å². The molecule has 1 aliphatic heterocycles. The molecule has 1 N–H and O–H groups in total. The van der Waals surface area contributed by atoms with Crippen molar-refractivity contribution in [3.05, 3.63) is 65.2 Å². The number of hydrogen-bond donors (Lipinski definition) is 1. The standard InChI is InChI=1S/C19H17N3O3/c20-13-16-3-1-2-4-17(16)21-18(23)14-5-7-15(8-6-14)19(24)22-9-11-25-12-10-22/h1-8H,9-12H2,(H,21,23). The molecular weight excluding hydrogens is 318 g/mol. The summed E-state index contributed by atoms with van der Waals surface area (Å²) in [4.78, 5) is 26.5. The van der Waals surface area contributed by atoms with Gasteiger partial charge in [-0.15, -0.1) is 0 Å². The van der Waals surface area contributed by atoms with Crippen molar-refractivity contribution < 1.29 is 14.3 Å². The fraction of sp³-hybridized carbons (Fsp3) is 0.211. The van der Waals surface area contributed by atoms with E-state index in [0.29, 0.717) is 48.7 Å². The lowest BCUT2D eigenvalue weighted by Crippen LogP contribution is -2.40. The molecule has 3 rings (SSSR count). The van der Waals surface area contributed by atoms with Gasteiger partial charge in [0.2, 0.25) is 0 Å². The van der Waals surface area contributed by atoms with Crippen LogP contribution >= 0.6 is 0 Å². The van der Waals surface area contributed by atoms with Crippen LogP contribution in [-0.2, 0) is 4.74 Å². The predicted octanol–water partition coefficient (Wildman–Crippen LogP) is 2.28. The van der Waals surface area contributed by atoms with E-state index in [1.165, 1.54) is 0 Å². The van der Waals surface area contributed by atoms with Gasteiger partial charge in [0.1, 0.15) is 6.07 Å². The van der Waals surface area contributed by atoms with Gasteiger partial charge in [0.05, 0.1) is 24.5 Å². The van der Waals surface area contributed by atoms with Crippen LogP contribution in [0.25, 0.3) is 0 Å². The number of ether oxygens (including phenoxy) is 1. The zero-order valence-electron chi connectivity index (χ0n) is 13.6. The SMILES string of the molecule is N#Cc1ccccc1NC(=O)c1ccc(C(=O)N2CCOCC2)cc1. The summed E-state index contributed by atoms with van der Waals surface area (Å²) in [6.45, 7) is 2.24. The van der Waals surface area contributed by atoms with Gasteiger partial charge in [-0.25, -0.2) is 0 Å². The van der Waals surface area contributed by atoms with E-state index in [1.54, 1.807) is 53.4 Å². The Labute approximate surface area is 145 Å². The molecule has 1 saturated heterocycles. The van der Waals surface area contributed by atoms with Crippen LogP contribution in [0.4, 0.5) is 5.69 Å². The van der Waals surface area contributed by atoms with Crippen LogP contribution in [0, 0.1) is 11.3 Å². The van der Waals surface area contributed by atoms with Crippen molar-refractivity contribution in [1.82, 2.24) is 4.90 Å². The summed E-state index contributed by atoms with van der Waals surface area (Å²) < 4.78 is 5.24. The molecule has 2 amide bonds. The molecule has 0 aromatic heterocycles. The van der Waals surface area contributed by atoms with Crippen molar-refractivity contribution in [3.8, 4) is 6.07 Å². The summed E-state index contributed by atoms with van der Waals surface area (Å²) in [5, 5.41) is 11.8. The first-order valence-corrected chi connectivity index (χ1v) is 7.96. The monoisotopic (exact) mass is 335 g/mol. The van der Waals surface area contributed by atoms with Crippen molar-refractivity contribution in [2.75, 3.05) is 31.6 Å². The van der Waals surface area contributed by atoms with E-state index in [4.69, 9.17) is 10.00 Å². The van der Waals surface area contributed by atoms with Gasteiger partial charge in [-0.05, 0) is 36.4 Å². The van der Waals surface area contributed by atoms with E-state index in [1.807, 2.05) is 6.07 Å². The molecule has 0 radical (unpaired) electrons. The van der Waals surface area contributed by atoms with Crippen LogP contribution in [0.15, 0.2) is 48.5 Å². The van der Waals surface area contributed by atoms with Gasteiger partial charge in [0, 0.05) is 24.2 Å². The molecule has 1 fully saturated rings. The predicted molar refractivity (Wildman–Crippen MR) is 92.3 cm³/mol. The Kier molecular flexibility index (Phi) is 5.07. The molecule has 0 unspecified atom stereocenters. The average molecular weight is 335 g/mol. The second-order valence-electron chi connectivity index (χ2n) is 5.59. The fourth-order valence-corrected chi connectivity index (χ4v) is 2.60. The van der Waals surface area contributed by atoms with Crippen LogP contribution in [0.2, 0.25) is 0 Å². The minimum Gasteiger partial charge on any atom is -0.378 e. The smallest absolute Gasteiger partial charge is 0.255 e. The molecule has 0 bridgehead atoms. The molecule has 1 heterocycles. The zero-order chi connectivity index (χ0) is 17.6. The topological polar surface area (TPSA) is 82.4 Å². The number of rotatable bonds is 3. The molecule has 0 saturated carbocycles. The highest BCUT2D eigenvalue weighted by molar-refractivity contribution is 6.05. The lowest BCUT2D eigenvalue weighted by atomic mass is 10.1. The minimum atomic E-state index is -0.326. The number of carbonyl (C=O) groups is 2. The normalized spacial score (nSPS) is 13.8. The number of nitrogens with zero attached hydrogens (tertiary/aromatic N) is 2. The molecule has 1 aliphatic rings. The lowest BCUT2D eigenvalue weighted by Gasteiger charge is -2.26. The number of para-hydroxylation sites is 1. The zero-order valence-corrected chi connectivity index (χ0v) is 13.6. The molecule has 0 spiro atoms. The largest absolute Gasteiger partial charge is 0.378 e. The van der Waals surface area contributed by atoms with Crippen LogP contribution in [0.5, 0.6) is 0 Å². The van der Waals surface area contributed by atoms with Gasteiger partial charge in [-0.1, -0.05) is 12.1 Å². The van der Waals surface area contributed by atoms with Gasteiger partial charge in [-0.2, -0.15) is 5.26 Å². The number of benzene rings is 2. The van der Waals surface area contributed by atoms with Gasteiger partial charge in [-0.3, -0.25) is 9.59 Å². The summed E-state index contributed by atoms with van der Waals surface area (Å²) >= 11 is 0. The van der Waals surface area contributed by atoms with Crippen LogP contribution in [-0.4, -0.2) is 43.0 Å². The summed E-state index contributed by atoms with van der Waals surface area (Å²) in [7, 11) is 0. The Bertz CT molecular complexity index is 819. The van der Waals surface area contributed by atoms with Gasteiger partial charge < -0.3 is 15.0 Å². The summed E-state index contributed by atoms with van der Waals surface area (Å²) in [5.74, 6) is -0.391. The molecule has 6 heteroatoms. The number of nitrogens with one attached hydrogen (secondary N) is 1. The molecule has 2 aromatic carbocycles. The average Bonchev–Trinajstić information content (AvgIpc) is 2.68. The number of carbonyl (C=O) groups excluding carboxylic acids is 2. The Morgan fingerprint density at radius 3 is 2.32 bits per heavy atom. The summed E-state index contributed by atoms with van der Waals surface area (Å²) in [5.41, 5.74) is 1.82. The highest BCUT2D eigenvalue weighted by Gasteiger charge is 2.18. The number of morpholine rings is 1.